The van der Waals surface area contributed by atoms with Gasteiger partial charge in [-0.05, 0) is 25.1 Å². The van der Waals surface area contributed by atoms with Crippen LogP contribution >= 0.6 is 35.0 Å². The lowest BCUT2D eigenvalue weighted by Gasteiger charge is -2.02. The normalized spacial score (nSPS) is 10.4. The summed E-state index contributed by atoms with van der Waals surface area (Å²) in [6.07, 6.45) is 0. The van der Waals surface area contributed by atoms with Gasteiger partial charge in [0, 0.05) is 16.0 Å². The predicted molar refractivity (Wildman–Crippen MR) is 67.4 cm³/mol. The topological polar surface area (TPSA) is 25.8 Å². The molecule has 5 heteroatoms. The molecule has 2 rings (SSSR count). The van der Waals surface area contributed by atoms with Gasteiger partial charge in [0.2, 0.25) is 0 Å². The molecule has 0 amide bonds. The number of aromatic nitrogens is 2. The molecule has 2 aromatic rings. The van der Waals surface area contributed by atoms with Gasteiger partial charge < -0.3 is 0 Å². The third-order valence-corrected chi connectivity index (χ3v) is 3.14. The van der Waals surface area contributed by atoms with Crippen molar-refractivity contribution in [2.75, 3.05) is 0 Å². The largest absolute Gasteiger partial charge is 0.226 e. The zero-order valence-corrected chi connectivity index (χ0v) is 10.8. The Morgan fingerprint density at radius 1 is 1.12 bits per heavy atom. The highest BCUT2D eigenvalue weighted by atomic mass is 35.5. The first-order valence-corrected chi connectivity index (χ1v) is 6.15. The Balaban J connectivity index is 2.27. The van der Waals surface area contributed by atoms with Gasteiger partial charge in [0.05, 0.1) is 0 Å². The van der Waals surface area contributed by atoms with Gasteiger partial charge in [-0.25, -0.2) is 9.97 Å². The second-order valence-electron chi connectivity index (χ2n) is 3.14. The van der Waals surface area contributed by atoms with Crippen LogP contribution < -0.4 is 0 Å². The monoisotopic (exact) mass is 270 g/mol. The van der Waals surface area contributed by atoms with Crippen molar-refractivity contribution in [2.45, 2.75) is 16.8 Å². The van der Waals surface area contributed by atoms with E-state index < -0.39 is 0 Å². The second kappa shape index (κ2) is 5.04. The Hall–Kier alpha value is -0.770. The third-order valence-electron chi connectivity index (χ3n) is 1.80. The van der Waals surface area contributed by atoms with Crippen LogP contribution in [0.25, 0.3) is 0 Å². The molecule has 0 bridgehead atoms. The first-order chi connectivity index (χ1) is 7.63. The summed E-state index contributed by atoms with van der Waals surface area (Å²) in [6.45, 7) is 1.81. The van der Waals surface area contributed by atoms with E-state index in [-0.39, 0.29) is 0 Å². The van der Waals surface area contributed by atoms with Gasteiger partial charge in [0.25, 0.3) is 0 Å². The second-order valence-corrected chi connectivity index (χ2v) is 5.05. The lowest BCUT2D eigenvalue weighted by molar-refractivity contribution is 0.968. The molecule has 0 aliphatic rings. The first kappa shape index (κ1) is 11.7. The summed E-state index contributed by atoms with van der Waals surface area (Å²) in [5.74, 6) is 0.664. The lowest BCUT2D eigenvalue weighted by Crippen LogP contribution is -1.89. The van der Waals surface area contributed by atoms with E-state index in [1.165, 1.54) is 11.8 Å². The van der Waals surface area contributed by atoms with E-state index in [1.807, 2.05) is 31.2 Å². The average molecular weight is 271 g/mol. The first-order valence-electron chi connectivity index (χ1n) is 4.58. The summed E-state index contributed by atoms with van der Waals surface area (Å²) in [6, 6.07) is 9.34. The van der Waals surface area contributed by atoms with Gasteiger partial charge in [-0.2, -0.15) is 0 Å². The predicted octanol–water partition coefficient (Wildman–Crippen LogP) is 4.24. The van der Waals surface area contributed by atoms with Crippen molar-refractivity contribution in [3.8, 4) is 0 Å². The molecule has 0 radical (unpaired) electrons. The SMILES string of the molecule is Cc1nc(Cl)cc(Sc2cccc(Cl)c2)n1. The van der Waals surface area contributed by atoms with Crippen LogP contribution in [-0.2, 0) is 0 Å². The van der Waals surface area contributed by atoms with Crippen LogP contribution in [0.1, 0.15) is 5.82 Å². The van der Waals surface area contributed by atoms with E-state index in [0.29, 0.717) is 16.0 Å². The van der Waals surface area contributed by atoms with Crippen LogP contribution in [0.2, 0.25) is 10.2 Å². The van der Waals surface area contributed by atoms with E-state index in [9.17, 15) is 0 Å². The van der Waals surface area contributed by atoms with Crippen molar-refractivity contribution in [2.24, 2.45) is 0 Å². The molecule has 0 aliphatic carbocycles. The van der Waals surface area contributed by atoms with Crippen molar-refractivity contribution < 1.29 is 0 Å². The number of rotatable bonds is 2. The summed E-state index contributed by atoms with van der Waals surface area (Å²) in [4.78, 5) is 9.32. The fourth-order valence-electron chi connectivity index (χ4n) is 1.21. The molecule has 0 fully saturated rings. The molecule has 1 aromatic carbocycles. The number of halogens is 2. The van der Waals surface area contributed by atoms with Crippen molar-refractivity contribution >= 4 is 35.0 Å². The summed E-state index contributed by atoms with van der Waals surface area (Å²) in [5.41, 5.74) is 0. The Labute approximate surface area is 108 Å². The quantitative estimate of drug-likeness (QED) is 0.764. The molecule has 0 saturated heterocycles. The Kier molecular flexibility index (Phi) is 3.69. The maximum absolute atomic E-state index is 5.90. The molecule has 0 atom stereocenters. The van der Waals surface area contributed by atoms with E-state index in [1.54, 1.807) is 6.07 Å². The summed E-state index contributed by atoms with van der Waals surface area (Å²) >= 11 is 13.3. The molecule has 2 nitrogen and oxygen atoms in total. The minimum Gasteiger partial charge on any atom is -0.226 e. The number of hydrogen-bond acceptors (Lipinski definition) is 3. The van der Waals surface area contributed by atoms with E-state index in [0.717, 1.165) is 9.92 Å². The lowest BCUT2D eigenvalue weighted by atomic mass is 10.4. The fourth-order valence-corrected chi connectivity index (χ4v) is 2.68. The Bertz CT molecular complexity index is 497. The molecular weight excluding hydrogens is 263 g/mol. The molecule has 0 spiro atoms. The molecule has 16 heavy (non-hydrogen) atoms. The standard InChI is InChI=1S/C11H8Cl2N2S/c1-7-14-10(13)6-11(15-7)16-9-4-2-3-8(12)5-9/h2-6H,1H3. The van der Waals surface area contributed by atoms with Gasteiger partial charge in [0.15, 0.2) is 0 Å². The highest BCUT2D eigenvalue weighted by Crippen LogP contribution is 2.28. The van der Waals surface area contributed by atoms with E-state index in [4.69, 9.17) is 23.2 Å². The molecule has 0 saturated carbocycles. The Morgan fingerprint density at radius 3 is 2.62 bits per heavy atom. The van der Waals surface area contributed by atoms with Crippen LogP contribution in [0, 0.1) is 6.92 Å². The van der Waals surface area contributed by atoms with Gasteiger partial charge >= 0.3 is 0 Å². The van der Waals surface area contributed by atoms with Gasteiger partial charge in [-0.15, -0.1) is 0 Å². The summed E-state index contributed by atoms with van der Waals surface area (Å²) in [7, 11) is 0. The minimum absolute atomic E-state index is 0.456. The fraction of sp³-hybridized carbons (Fsp3) is 0.0909. The highest BCUT2D eigenvalue weighted by Gasteiger charge is 2.03. The molecular formula is C11H8Cl2N2S. The van der Waals surface area contributed by atoms with Crippen molar-refractivity contribution in [3.63, 3.8) is 0 Å². The minimum atomic E-state index is 0.456. The number of nitrogens with zero attached hydrogens (tertiary/aromatic N) is 2. The molecule has 0 N–H and O–H groups in total. The third kappa shape index (κ3) is 3.11. The van der Waals surface area contributed by atoms with Crippen LogP contribution in [0.15, 0.2) is 40.3 Å². The highest BCUT2D eigenvalue weighted by molar-refractivity contribution is 7.99. The zero-order valence-electron chi connectivity index (χ0n) is 8.45. The maximum Gasteiger partial charge on any atom is 0.133 e. The molecule has 0 unspecified atom stereocenters. The van der Waals surface area contributed by atoms with Crippen molar-refractivity contribution in [3.05, 3.63) is 46.3 Å². The van der Waals surface area contributed by atoms with Crippen LogP contribution in [0.5, 0.6) is 0 Å². The van der Waals surface area contributed by atoms with Gasteiger partial charge in [0.1, 0.15) is 16.0 Å². The molecule has 1 aromatic heterocycles. The summed E-state index contributed by atoms with van der Waals surface area (Å²) < 4.78 is 0. The average Bonchev–Trinajstić information content (AvgIpc) is 2.15. The Morgan fingerprint density at radius 2 is 1.94 bits per heavy atom. The van der Waals surface area contributed by atoms with Crippen LogP contribution in [0.3, 0.4) is 0 Å². The molecule has 82 valence electrons. The number of aryl methyl sites for hydroxylation is 1. The van der Waals surface area contributed by atoms with Crippen LogP contribution in [-0.4, -0.2) is 9.97 Å². The maximum atomic E-state index is 5.90. The smallest absolute Gasteiger partial charge is 0.133 e. The number of benzene rings is 1. The van der Waals surface area contributed by atoms with E-state index >= 15 is 0 Å². The van der Waals surface area contributed by atoms with Gasteiger partial charge in [-0.1, -0.05) is 41.0 Å². The molecule has 1 heterocycles. The van der Waals surface area contributed by atoms with Crippen molar-refractivity contribution in [1.29, 1.82) is 0 Å². The van der Waals surface area contributed by atoms with Gasteiger partial charge in [-0.3, -0.25) is 0 Å². The summed E-state index contributed by atoms with van der Waals surface area (Å²) in [5, 5.41) is 1.98. The number of hydrogen-bond donors (Lipinski definition) is 0. The van der Waals surface area contributed by atoms with Crippen molar-refractivity contribution in [1.82, 2.24) is 9.97 Å². The van der Waals surface area contributed by atoms with Crippen LogP contribution in [0.4, 0.5) is 0 Å². The molecule has 0 aliphatic heterocycles. The zero-order chi connectivity index (χ0) is 11.5. The van der Waals surface area contributed by atoms with E-state index in [2.05, 4.69) is 9.97 Å².